The Bertz CT molecular complexity index is 293. The zero-order valence-corrected chi connectivity index (χ0v) is 7.78. The number of nitrogen functional groups attached to an aromatic ring is 1. The fourth-order valence-electron chi connectivity index (χ4n) is 1.02. The Balaban J connectivity index is 2.92. The molecule has 3 nitrogen and oxygen atoms in total. The number of anilines is 1. The molecule has 1 aromatic rings. The van der Waals surface area contributed by atoms with Crippen LogP contribution in [0.3, 0.4) is 0 Å². The molecule has 4 N–H and O–H groups in total. The highest BCUT2D eigenvalue weighted by Crippen LogP contribution is 2.25. The first-order valence-electron chi connectivity index (χ1n) is 3.83. The molecule has 0 saturated heterocycles. The van der Waals surface area contributed by atoms with E-state index in [1.54, 1.807) is 6.07 Å². The first-order valence-corrected chi connectivity index (χ1v) is 4.64. The van der Waals surface area contributed by atoms with Crippen molar-refractivity contribution in [1.29, 1.82) is 0 Å². The van der Waals surface area contributed by atoms with Crippen molar-refractivity contribution < 1.29 is 4.79 Å². The molecule has 12 heavy (non-hydrogen) atoms. The fourth-order valence-corrected chi connectivity index (χ4v) is 2.05. The molecule has 0 fully saturated rings. The van der Waals surface area contributed by atoms with E-state index in [2.05, 4.69) is 6.92 Å². The van der Waals surface area contributed by atoms with Gasteiger partial charge in [0.15, 0.2) is 0 Å². The summed E-state index contributed by atoms with van der Waals surface area (Å²) in [6.07, 6.45) is 2.01. The van der Waals surface area contributed by atoms with E-state index in [1.807, 2.05) is 0 Å². The Hall–Kier alpha value is -1.03. The van der Waals surface area contributed by atoms with Gasteiger partial charge in [0.2, 0.25) is 0 Å². The van der Waals surface area contributed by atoms with E-state index < -0.39 is 5.91 Å². The number of carbonyl (C=O) groups is 1. The van der Waals surface area contributed by atoms with E-state index in [0.29, 0.717) is 10.6 Å². The van der Waals surface area contributed by atoms with E-state index >= 15 is 0 Å². The lowest BCUT2D eigenvalue weighted by Crippen LogP contribution is -2.11. The summed E-state index contributed by atoms with van der Waals surface area (Å²) in [6.45, 7) is 2.08. The molecular formula is C8H12N2OS. The molecule has 0 aliphatic heterocycles. The summed E-state index contributed by atoms with van der Waals surface area (Å²) in [5.41, 5.74) is 11.2. The highest BCUT2D eigenvalue weighted by molar-refractivity contribution is 7.16. The van der Waals surface area contributed by atoms with E-state index in [9.17, 15) is 4.79 Å². The number of thiophene rings is 1. The molecule has 0 bridgehead atoms. The van der Waals surface area contributed by atoms with E-state index in [0.717, 1.165) is 17.7 Å². The van der Waals surface area contributed by atoms with Crippen LogP contribution in [0.15, 0.2) is 6.07 Å². The largest absolute Gasteiger partial charge is 0.390 e. The monoisotopic (exact) mass is 184 g/mol. The first-order chi connectivity index (χ1) is 5.65. The maximum atomic E-state index is 10.8. The summed E-state index contributed by atoms with van der Waals surface area (Å²) in [7, 11) is 0. The quantitative estimate of drug-likeness (QED) is 0.745. The SMILES string of the molecule is CCCc1cc(C(N)=O)c(N)s1. The molecule has 0 spiro atoms. The van der Waals surface area contributed by atoms with Crippen molar-refractivity contribution in [2.24, 2.45) is 5.73 Å². The van der Waals surface area contributed by atoms with Crippen LogP contribution in [0.25, 0.3) is 0 Å². The smallest absolute Gasteiger partial charge is 0.251 e. The van der Waals surface area contributed by atoms with Gasteiger partial charge in [0.05, 0.1) is 10.6 Å². The molecule has 0 unspecified atom stereocenters. The lowest BCUT2D eigenvalue weighted by Gasteiger charge is -1.88. The number of aryl methyl sites for hydroxylation is 1. The first kappa shape index (κ1) is 9.06. The summed E-state index contributed by atoms with van der Waals surface area (Å²) in [4.78, 5) is 11.9. The van der Waals surface area contributed by atoms with Crippen LogP contribution in [0.2, 0.25) is 0 Å². The summed E-state index contributed by atoms with van der Waals surface area (Å²) < 4.78 is 0. The zero-order chi connectivity index (χ0) is 9.14. The third kappa shape index (κ3) is 1.76. The third-order valence-electron chi connectivity index (χ3n) is 1.57. The molecule has 0 atom stereocenters. The highest BCUT2D eigenvalue weighted by Gasteiger charge is 2.09. The summed E-state index contributed by atoms with van der Waals surface area (Å²) in [5, 5.41) is 0.533. The summed E-state index contributed by atoms with van der Waals surface area (Å²) in [6, 6.07) is 1.78. The Morgan fingerprint density at radius 2 is 2.33 bits per heavy atom. The maximum absolute atomic E-state index is 10.8. The highest BCUT2D eigenvalue weighted by atomic mass is 32.1. The minimum Gasteiger partial charge on any atom is -0.390 e. The molecule has 1 rings (SSSR count). The van der Waals surface area contributed by atoms with Crippen LogP contribution < -0.4 is 11.5 Å². The van der Waals surface area contributed by atoms with Gasteiger partial charge in [-0.25, -0.2) is 0 Å². The Morgan fingerprint density at radius 1 is 1.67 bits per heavy atom. The van der Waals surface area contributed by atoms with E-state index in [1.165, 1.54) is 11.3 Å². The molecule has 1 heterocycles. The van der Waals surface area contributed by atoms with Crippen LogP contribution >= 0.6 is 11.3 Å². The van der Waals surface area contributed by atoms with Crippen molar-refractivity contribution in [2.75, 3.05) is 5.73 Å². The molecule has 4 heteroatoms. The van der Waals surface area contributed by atoms with Gasteiger partial charge in [0.1, 0.15) is 0 Å². The second-order valence-electron chi connectivity index (χ2n) is 2.60. The van der Waals surface area contributed by atoms with Crippen molar-refractivity contribution in [3.63, 3.8) is 0 Å². The van der Waals surface area contributed by atoms with Gasteiger partial charge in [0.25, 0.3) is 5.91 Å². The number of rotatable bonds is 3. The van der Waals surface area contributed by atoms with Crippen LogP contribution in [0, 0.1) is 0 Å². The van der Waals surface area contributed by atoms with Gasteiger partial charge in [-0.15, -0.1) is 11.3 Å². The van der Waals surface area contributed by atoms with Crippen LogP contribution in [0.4, 0.5) is 5.00 Å². The Morgan fingerprint density at radius 3 is 2.75 bits per heavy atom. The molecule has 1 aromatic heterocycles. The number of amides is 1. The minimum absolute atomic E-state index is 0.439. The lowest BCUT2D eigenvalue weighted by molar-refractivity contribution is 0.100. The molecule has 0 saturated carbocycles. The average Bonchev–Trinajstić information content (AvgIpc) is 2.32. The number of primary amides is 1. The van der Waals surface area contributed by atoms with E-state index in [4.69, 9.17) is 11.5 Å². The summed E-state index contributed by atoms with van der Waals surface area (Å²) in [5.74, 6) is -0.439. The van der Waals surface area contributed by atoms with Gasteiger partial charge >= 0.3 is 0 Å². The summed E-state index contributed by atoms with van der Waals surface area (Å²) >= 11 is 1.44. The molecule has 1 amide bonds. The van der Waals surface area contributed by atoms with Gasteiger partial charge in [-0.2, -0.15) is 0 Å². The van der Waals surface area contributed by atoms with Gasteiger partial charge in [-0.05, 0) is 12.5 Å². The Labute approximate surface area is 75.4 Å². The molecule has 0 aliphatic rings. The zero-order valence-electron chi connectivity index (χ0n) is 6.96. The van der Waals surface area contributed by atoms with Gasteiger partial charge in [-0.3, -0.25) is 4.79 Å². The molecule has 0 radical (unpaired) electrons. The molecule has 0 aliphatic carbocycles. The van der Waals surface area contributed by atoms with Crippen LogP contribution in [0.5, 0.6) is 0 Å². The van der Waals surface area contributed by atoms with Crippen LogP contribution in [-0.2, 0) is 6.42 Å². The average molecular weight is 184 g/mol. The molecule has 66 valence electrons. The predicted molar refractivity (Wildman–Crippen MR) is 51.2 cm³/mol. The number of nitrogens with two attached hydrogens (primary N) is 2. The fraction of sp³-hybridized carbons (Fsp3) is 0.375. The Kier molecular flexibility index (Phi) is 2.70. The molecule has 0 aromatic carbocycles. The number of carbonyl (C=O) groups excluding carboxylic acids is 1. The topological polar surface area (TPSA) is 69.1 Å². The molecular weight excluding hydrogens is 172 g/mol. The van der Waals surface area contributed by atoms with Crippen molar-refractivity contribution >= 4 is 22.2 Å². The number of hydrogen-bond acceptors (Lipinski definition) is 3. The second-order valence-corrected chi connectivity index (χ2v) is 3.77. The van der Waals surface area contributed by atoms with E-state index in [-0.39, 0.29) is 0 Å². The normalized spacial score (nSPS) is 10.1. The predicted octanol–water partition coefficient (Wildman–Crippen LogP) is 1.38. The maximum Gasteiger partial charge on any atom is 0.251 e. The van der Waals surface area contributed by atoms with Gasteiger partial charge in [-0.1, -0.05) is 13.3 Å². The second kappa shape index (κ2) is 3.58. The van der Waals surface area contributed by atoms with Gasteiger partial charge < -0.3 is 11.5 Å². The van der Waals surface area contributed by atoms with Crippen molar-refractivity contribution in [3.05, 3.63) is 16.5 Å². The van der Waals surface area contributed by atoms with Crippen molar-refractivity contribution in [2.45, 2.75) is 19.8 Å². The van der Waals surface area contributed by atoms with Gasteiger partial charge in [0, 0.05) is 4.88 Å². The van der Waals surface area contributed by atoms with Crippen LogP contribution in [-0.4, -0.2) is 5.91 Å². The van der Waals surface area contributed by atoms with Crippen molar-refractivity contribution in [3.8, 4) is 0 Å². The minimum atomic E-state index is -0.439. The standard InChI is InChI=1S/C8H12N2OS/c1-2-3-5-4-6(7(9)11)8(10)12-5/h4H,2-3,10H2,1H3,(H2,9,11). The lowest BCUT2D eigenvalue weighted by atomic mass is 10.2. The third-order valence-corrected chi connectivity index (χ3v) is 2.60. The number of hydrogen-bond donors (Lipinski definition) is 2. The van der Waals surface area contributed by atoms with Crippen molar-refractivity contribution in [1.82, 2.24) is 0 Å². The van der Waals surface area contributed by atoms with Crippen LogP contribution in [0.1, 0.15) is 28.6 Å².